The molecule has 18 heavy (non-hydrogen) atoms. The van der Waals surface area contributed by atoms with Crippen LogP contribution in [-0.2, 0) is 11.3 Å². The lowest BCUT2D eigenvalue weighted by molar-refractivity contribution is -0.115. The van der Waals surface area contributed by atoms with Crippen molar-refractivity contribution in [3.63, 3.8) is 0 Å². The Kier molecular flexibility index (Phi) is 3.28. The third-order valence-corrected chi connectivity index (χ3v) is 4.05. The van der Waals surface area contributed by atoms with Crippen LogP contribution >= 0.6 is 0 Å². The van der Waals surface area contributed by atoms with E-state index in [1.807, 2.05) is 6.08 Å². The van der Waals surface area contributed by atoms with Crippen LogP contribution in [0.25, 0.3) is 0 Å². The number of allylic oxidation sites excluding steroid dienone is 1. The number of benzene rings is 1. The number of carbonyl (C=O) groups excluding carboxylic acids is 1. The molecule has 94 valence electrons. The second-order valence-corrected chi connectivity index (χ2v) is 5.39. The van der Waals surface area contributed by atoms with Gasteiger partial charge in [-0.15, -0.1) is 0 Å². The number of carbonyl (C=O) groups is 1. The molecule has 1 atom stereocenters. The van der Waals surface area contributed by atoms with Gasteiger partial charge in [-0.3, -0.25) is 9.69 Å². The highest BCUT2D eigenvalue weighted by Gasteiger charge is 2.27. The van der Waals surface area contributed by atoms with Crippen LogP contribution in [0.4, 0.5) is 0 Å². The number of nitrogens with zero attached hydrogens (tertiary/aromatic N) is 1. The first-order valence-corrected chi connectivity index (χ1v) is 6.81. The van der Waals surface area contributed by atoms with E-state index in [0.29, 0.717) is 11.7 Å². The summed E-state index contributed by atoms with van der Waals surface area (Å²) in [5, 5.41) is 0. The average molecular weight is 241 g/mol. The Labute approximate surface area is 108 Å². The zero-order chi connectivity index (χ0) is 12.4. The Bertz CT molecular complexity index is 463. The van der Waals surface area contributed by atoms with Gasteiger partial charge >= 0.3 is 0 Å². The monoisotopic (exact) mass is 241 g/mol. The minimum absolute atomic E-state index is 0.331. The highest BCUT2D eigenvalue weighted by Crippen LogP contribution is 2.30. The number of hydrogen-bond acceptors (Lipinski definition) is 2. The smallest absolute Gasteiger partial charge is 0.155 e. The highest BCUT2D eigenvalue weighted by molar-refractivity contribution is 5.91. The quantitative estimate of drug-likeness (QED) is 0.793. The molecule has 0 bridgehead atoms. The second kappa shape index (κ2) is 5.07. The topological polar surface area (TPSA) is 20.3 Å². The molecule has 1 saturated heterocycles. The molecule has 1 aliphatic carbocycles. The molecule has 0 unspecified atom stereocenters. The molecular weight excluding hydrogens is 222 g/mol. The van der Waals surface area contributed by atoms with E-state index in [9.17, 15) is 4.79 Å². The lowest BCUT2D eigenvalue weighted by atomic mass is 9.82. The molecule has 0 aromatic heterocycles. The zero-order valence-electron chi connectivity index (χ0n) is 10.6. The van der Waals surface area contributed by atoms with E-state index in [1.165, 1.54) is 11.1 Å². The summed E-state index contributed by atoms with van der Waals surface area (Å²) in [6, 6.07) is 10.6. The Balaban J connectivity index is 1.65. The Morgan fingerprint density at radius 2 is 2.00 bits per heavy atom. The van der Waals surface area contributed by atoms with Gasteiger partial charge in [-0.1, -0.05) is 35.9 Å². The van der Waals surface area contributed by atoms with Gasteiger partial charge in [0.05, 0.1) is 0 Å². The Morgan fingerprint density at radius 3 is 2.83 bits per heavy atom. The fraction of sp³-hybridized carbons (Fsp3) is 0.438. The lowest BCUT2D eigenvalue weighted by Crippen LogP contribution is -2.37. The summed E-state index contributed by atoms with van der Waals surface area (Å²) in [5.74, 6) is 0.956. The largest absolute Gasteiger partial charge is 0.298 e. The lowest BCUT2D eigenvalue weighted by Gasteiger charge is -2.36. The molecule has 1 fully saturated rings. The van der Waals surface area contributed by atoms with Crippen LogP contribution < -0.4 is 0 Å². The molecule has 1 aromatic carbocycles. The Morgan fingerprint density at radius 1 is 1.17 bits per heavy atom. The van der Waals surface area contributed by atoms with Gasteiger partial charge in [0.25, 0.3) is 0 Å². The van der Waals surface area contributed by atoms with Crippen molar-refractivity contribution in [1.29, 1.82) is 0 Å². The van der Waals surface area contributed by atoms with E-state index in [4.69, 9.17) is 0 Å². The van der Waals surface area contributed by atoms with Gasteiger partial charge < -0.3 is 0 Å². The number of likely N-dealkylation sites (tertiary alicyclic amines) is 1. The SMILES string of the molecule is O=C1C=C2CCN(Cc3ccccc3)C[C@@H]2CC1. The fourth-order valence-electron chi connectivity index (χ4n) is 3.06. The normalized spacial score (nSPS) is 24.6. The molecule has 1 heterocycles. The third kappa shape index (κ3) is 2.54. The minimum atomic E-state index is 0.331. The first-order valence-electron chi connectivity index (χ1n) is 6.81. The van der Waals surface area contributed by atoms with Crippen molar-refractivity contribution in [3.05, 3.63) is 47.5 Å². The fourth-order valence-corrected chi connectivity index (χ4v) is 3.06. The molecule has 1 aromatic rings. The van der Waals surface area contributed by atoms with Crippen molar-refractivity contribution >= 4 is 5.78 Å². The maximum atomic E-state index is 11.4. The van der Waals surface area contributed by atoms with Crippen molar-refractivity contribution in [1.82, 2.24) is 4.90 Å². The molecule has 0 radical (unpaired) electrons. The number of fused-ring (bicyclic) bond motifs is 1. The predicted molar refractivity (Wildman–Crippen MR) is 72.2 cm³/mol. The summed E-state index contributed by atoms with van der Waals surface area (Å²) in [6.07, 6.45) is 4.78. The minimum Gasteiger partial charge on any atom is -0.298 e. The summed E-state index contributed by atoms with van der Waals surface area (Å²) in [6.45, 7) is 3.25. The third-order valence-electron chi connectivity index (χ3n) is 4.05. The summed E-state index contributed by atoms with van der Waals surface area (Å²) in [7, 11) is 0. The average Bonchev–Trinajstić information content (AvgIpc) is 2.40. The van der Waals surface area contributed by atoms with E-state index >= 15 is 0 Å². The van der Waals surface area contributed by atoms with Crippen LogP contribution in [0.3, 0.4) is 0 Å². The van der Waals surface area contributed by atoms with Crippen molar-refractivity contribution in [2.45, 2.75) is 25.8 Å². The zero-order valence-corrected chi connectivity index (χ0v) is 10.6. The summed E-state index contributed by atoms with van der Waals surface area (Å²) < 4.78 is 0. The maximum Gasteiger partial charge on any atom is 0.155 e. The van der Waals surface area contributed by atoms with Crippen LogP contribution in [0.2, 0.25) is 0 Å². The summed E-state index contributed by atoms with van der Waals surface area (Å²) >= 11 is 0. The molecule has 0 amide bonds. The summed E-state index contributed by atoms with van der Waals surface area (Å²) in [5.41, 5.74) is 2.78. The van der Waals surface area contributed by atoms with E-state index in [-0.39, 0.29) is 0 Å². The van der Waals surface area contributed by atoms with Gasteiger partial charge in [0, 0.05) is 26.1 Å². The van der Waals surface area contributed by atoms with Gasteiger partial charge in [0.2, 0.25) is 0 Å². The second-order valence-electron chi connectivity index (χ2n) is 5.39. The van der Waals surface area contributed by atoms with Crippen LogP contribution in [-0.4, -0.2) is 23.8 Å². The maximum absolute atomic E-state index is 11.4. The molecule has 2 aliphatic rings. The van der Waals surface area contributed by atoms with Crippen LogP contribution in [0.15, 0.2) is 42.0 Å². The molecule has 0 spiro atoms. The van der Waals surface area contributed by atoms with E-state index < -0.39 is 0 Å². The van der Waals surface area contributed by atoms with Crippen molar-refractivity contribution in [2.24, 2.45) is 5.92 Å². The number of hydrogen-bond donors (Lipinski definition) is 0. The molecule has 3 rings (SSSR count). The van der Waals surface area contributed by atoms with Crippen molar-refractivity contribution in [2.75, 3.05) is 13.1 Å². The molecule has 1 aliphatic heterocycles. The van der Waals surface area contributed by atoms with Crippen LogP contribution in [0.1, 0.15) is 24.8 Å². The van der Waals surface area contributed by atoms with E-state index in [2.05, 4.69) is 35.2 Å². The van der Waals surface area contributed by atoms with Crippen molar-refractivity contribution < 1.29 is 4.79 Å². The highest BCUT2D eigenvalue weighted by atomic mass is 16.1. The van der Waals surface area contributed by atoms with Gasteiger partial charge in [-0.2, -0.15) is 0 Å². The molecule has 2 heteroatoms. The first-order chi connectivity index (χ1) is 8.81. The number of piperidine rings is 1. The van der Waals surface area contributed by atoms with E-state index in [0.717, 1.165) is 38.9 Å². The van der Waals surface area contributed by atoms with Gasteiger partial charge in [0.15, 0.2) is 5.78 Å². The number of rotatable bonds is 2. The van der Waals surface area contributed by atoms with Gasteiger partial charge in [0.1, 0.15) is 0 Å². The molecule has 2 nitrogen and oxygen atoms in total. The van der Waals surface area contributed by atoms with Crippen LogP contribution in [0.5, 0.6) is 0 Å². The standard InChI is InChI=1S/C16H19NO/c18-16-7-6-15-12-17(9-8-14(15)10-16)11-13-4-2-1-3-5-13/h1-5,10,15H,6-9,11-12H2/t15-/m0/s1. The number of ketones is 1. The van der Waals surface area contributed by atoms with E-state index in [1.54, 1.807) is 0 Å². The molecule has 0 N–H and O–H groups in total. The Hall–Kier alpha value is -1.41. The first kappa shape index (κ1) is 11.7. The predicted octanol–water partition coefficient (Wildman–Crippen LogP) is 2.80. The van der Waals surface area contributed by atoms with Crippen molar-refractivity contribution in [3.8, 4) is 0 Å². The molecular formula is C16H19NO. The molecule has 0 saturated carbocycles. The van der Waals surface area contributed by atoms with Gasteiger partial charge in [-0.25, -0.2) is 0 Å². The van der Waals surface area contributed by atoms with Crippen LogP contribution in [0, 0.1) is 5.92 Å². The summed E-state index contributed by atoms with van der Waals surface area (Å²) in [4.78, 5) is 13.9. The van der Waals surface area contributed by atoms with Gasteiger partial charge in [-0.05, 0) is 30.4 Å².